The van der Waals surface area contributed by atoms with Gasteiger partial charge < -0.3 is 19.1 Å². The first-order valence-electron chi connectivity index (χ1n) is 12.6. The van der Waals surface area contributed by atoms with Gasteiger partial charge in [-0.25, -0.2) is 4.79 Å². The number of nitrogens with zero attached hydrogens (tertiary/aromatic N) is 3. The van der Waals surface area contributed by atoms with Crippen LogP contribution in [0, 0.1) is 0 Å². The summed E-state index contributed by atoms with van der Waals surface area (Å²) in [7, 11) is 1.77. The highest BCUT2D eigenvalue weighted by Gasteiger charge is 2.29. The molecule has 0 atom stereocenters. The van der Waals surface area contributed by atoms with Gasteiger partial charge in [0.2, 0.25) is 0 Å². The molecule has 0 bridgehead atoms. The number of amides is 2. The summed E-state index contributed by atoms with van der Waals surface area (Å²) >= 11 is 0. The van der Waals surface area contributed by atoms with E-state index in [1.54, 1.807) is 33.5 Å². The van der Waals surface area contributed by atoms with Crippen molar-refractivity contribution in [2.75, 3.05) is 25.0 Å². The first-order chi connectivity index (χ1) is 17.1. The summed E-state index contributed by atoms with van der Waals surface area (Å²) in [5, 5.41) is 0.916. The van der Waals surface area contributed by atoms with Gasteiger partial charge in [0, 0.05) is 49.4 Å². The van der Waals surface area contributed by atoms with Crippen LogP contribution in [0.15, 0.2) is 59.4 Å². The lowest BCUT2D eigenvalue weighted by Gasteiger charge is -2.34. The van der Waals surface area contributed by atoms with Crippen LogP contribution in [0.1, 0.15) is 62.4 Å². The van der Waals surface area contributed by atoms with Crippen LogP contribution in [0.25, 0.3) is 10.9 Å². The number of anilines is 1. The molecule has 4 rings (SSSR count). The number of pyridine rings is 1. The Balaban J connectivity index is 1.66. The second-order valence-electron chi connectivity index (χ2n) is 10.4. The maximum absolute atomic E-state index is 13.3. The highest BCUT2D eigenvalue weighted by Crippen LogP contribution is 2.33. The number of piperidine rings is 1. The molecule has 2 amide bonds. The van der Waals surface area contributed by atoms with Gasteiger partial charge in [0.1, 0.15) is 5.60 Å². The number of likely N-dealkylation sites (tertiary alicyclic amines) is 1. The van der Waals surface area contributed by atoms with E-state index in [-0.39, 0.29) is 23.5 Å². The summed E-state index contributed by atoms with van der Waals surface area (Å²) in [5.74, 6) is 0.00522. The maximum Gasteiger partial charge on any atom is 0.410 e. The van der Waals surface area contributed by atoms with E-state index in [4.69, 9.17) is 4.74 Å². The van der Waals surface area contributed by atoms with Gasteiger partial charge in [-0.2, -0.15) is 0 Å². The van der Waals surface area contributed by atoms with Crippen LogP contribution in [0.5, 0.6) is 0 Å². The number of carbonyl (C=O) groups is 2. The molecule has 1 saturated heterocycles. The molecule has 0 unspecified atom stereocenters. The molecule has 1 aromatic heterocycles. The first-order valence-corrected chi connectivity index (χ1v) is 12.6. The molecule has 1 aliphatic heterocycles. The quantitative estimate of drug-likeness (QED) is 0.491. The van der Waals surface area contributed by atoms with E-state index in [9.17, 15) is 14.4 Å². The van der Waals surface area contributed by atoms with Gasteiger partial charge in [-0.15, -0.1) is 0 Å². The van der Waals surface area contributed by atoms with Gasteiger partial charge in [-0.05, 0) is 82.3 Å². The maximum atomic E-state index is 13.3. The summed E-state index contributed by atoms with van der Waals surface area (Å²) in [6.45, 7) is 9.20. The molecule has 0 radical (unpaired) electrons. The summed E-state index contributed by atoms with van der Waals surface area (Å²) in [5.41, 5.74) is 2.58. The molecule has 7 heteroatoms. The molecule has 1 aliphatic rings. The fourth-order valence-corrected chi connectivity index (χ4v) is 4.87. The van der Waals surface area contributed by atoms with Crippen molar-refractivity contribution in [3.63, 3.8) is 0 Å². The number of aromatic nitrogens is 1. The molecule has 190 valence electrons. The lowest BCUT2D eigenvalue weighted by atomic mass is 9.87. The molecule has 0 N–H and O–H groups in total. The Hall–Kier alpha value is -3.61. The average Bonchev–Trinajstić information content (AvgIpc) is 2.86. The monoisotopic (exact) mass is 489 g/mol. The van der Waals surface area contributed by atoms with Gasteiger partial charge in [-0.1, -0.05) is 18.2 Å². The molecule has 0 saturated carbocycles. The summed E-state index contributed by atoms with van der Waals surface area (Å²) in [6.07, 6.45) is 1.15. The van der Waals surface area contributed by atoms with Gasteiger partial charge in [0.15, 0.2) is 0 Å². The number of rotatable bonds is 4. The molecule has 1 fully saturated rings. The van der Waals surface area contributed by atoms with E-state index >= 15 is 0 Å². The number of para-hydroxylation sites is 1. The molecular weight excluding hydrogens is 454 g/mol. The van der Waals surface area contributed by atoms with E-state index < -0.39 is 5.60 Å². The number of carbonyl (C=O) groups excluding carboxylic acids is 2. The Kier molecular flexibility index (Phi) is 7.20. The van der Waals surface area contributed by atoms with Crippen molar-refractivity contribution >= 4 is 28.6 Å². The predicted molar refractivity (Wildman–Crippen MR) is 143 cm³/mol. The predicted octanol–water partition coefficient (Wildman–Crippen LogP) is 5.41. The molecule has 36 heavy (non-hydrogen) atoms. The fourth-order valence-electron chi connectivity index (χ4n) is 4.87. The molecule has 2 heterocycles. The summed E-state index contributed by atoms with van der Waals surface area (Å²) in [6, 6.07) is 16.8. The second-order valence-corrected chi connectivity index (χ2v) is 10.4. The number of ether oxygens (including phenoxy) is 1. The van der Waals surface area contributed by atoms with E-state index in [0.717, 1.165) is 35.0 Å². The van der Waals surface area contributed by atoms with Crippen LogP contribution in [0.2, 0.25) is 0 Å². The zero-order valence-corrected chi connectivity index (χ0v) is 21.8. The number of benzene rings is 2. The van der Waals surface area contributed by atoms with Crippen molar-refractivity contribution in [3.05, 3.63) is 76.1 Å². The van der Waals surface area contributed by atoms with Crippen molar-refractivity contribution in [3.8, 4) is 0 Å². The van der Waals surface area contributed by atoms with E-state index in [1.165, 1.54) is 0 Å². The number of fused-ring (bicyclic) bond motifs is 1. The Morgan fingerprint density at radius 3 is 2.31 bits per heavy atom. The number of aryl methyl sites for hydroxylation is 1. The van der Waals surface area contributed by atoms with Crippen LogP contribution in [0.4, 0.5) is 10.5 Å². The second kappa shape index (κ2) is 10.2. The van der Waals surface area contributed by atoms with Crippen molar-refractivity contribution in [1.29, 1.82) is 0 Å². The molecular formula is C29H35N3O4. The highest BCUT2D eigenvalue weighted by molar-refractivity contribution is 6.07. The minimum Gasteiger partial charge on any atom is -0.444 e. The van der Waals surface area contributed by atoms with Crippen molar-refractivity contribution < 1.29 is 14.3 Å². The molecule has 3 aromatic rings. The van der Waals surface area contributed by atoms with Crippen LogP contribution < -0.4 is 10.5 Å². The minimum absolute atomic E-state index is 0.0462. The smallest absolute Gasteiger partial charge is 0.410 e. The third kappa shape index (κ3) is 5.30. The van der Waals surface area contributed by atoms with Crippen LogP contribution >= 0.6 is 0 Å². The van der Waals surface area contributed by atoms with E-state index in [1.807, 2.05) is 70.2 Å². The van der Waals surface area contributed by atoms with Crippen LogP contribution in [-0.4, -0.2) is 47.2 Å². The zero-order valence-electron chi connectivity index (χ0n) is 21.8. The third-order valence-corrected chi connectivity index (χ3v) is 6.74. The Labute approximate surface area is 212 Å². The van der Waals surface area contributed by atoms with Crippen LogP contribution in [0.3, 0.4) is 0 Å². The Morgan fingerprint density at radius 2 is 1.69 bits per heavy atom. The number of hydrogen-bond acceptors (Lipinski definition) is 4. The van der Waals surface area contributed by atoms with Crippen LogP contribution in [-0.2, 0) is 11.3 Å². The summed E-state index contributed by atoms with van der Waals surface area (Å²) in [4.78, 5) is 42.2. The fraction of sp³-hybridized carbons (Fsp3) is 0.414. The third-order valence-electron chi connectivity index (χ3n) is 6.74. The van der Waals surface area contributed by atoms with Gasteiger partial charge in [0.25, 0.3) is 11.5 Å². The summed E-state index contributed by atoms with van der Waals surface area (Å²) < 4.78 is 7.27. The molecule has 7 nitrogen and oxygen atoms in total. The van der Waals surface area contributed by atoms with E-state index in [0.29, 0.717) is 25.2 Å². The van der Waals surface area contributed by atoms with Gasteiger partial charge in [-0.3, -0.25) is 9.59 Å². The zero-order chi connectivity index (χ0) is 26.0. The van der Waals surface area contributed by atoms with Crippen molar-refractivity contribution in [2.24, 2.45) is 0 Å². The normalized spacial score (nSPS) is 14.6. The van der Waals surface area contributed by atoms with Gasteiger partial charge in [0.05, 0.1) is 5.52 Å². The average molecular weight is 490 g/mol. The van der Waals surface area contributed by atoms with Gasteiger partial charge >= 0.3 is 6.09 Å². The largest absolute Gasteiger partial charge is 0.444 e. The Bertz CT molecular complexity index is 1320. The van der Waals surface area contributed by atoms with Crippen molar-refractivity contribution in [2.45, 2.75) is 58.6 Å². The minimum atomic E-state index is -0.537. The van der Waals surface area contributed by atoms with Crippen molar-refractivity contribution in [1.82, 2.24) is 9.47 Å². The first kappa shape index (κ1) is 25.5. The lowest BCUT2D eigenvalue weighted by molar-refractivity contribution is 0.0205. The van der Waals surface area contributed by atoms with E-state index in [2.05, 4.69) is 0 Å². The molecule has 0 aliphatic carbocycles. The topological polar surface area (TPSA) is 71.9 Å². The Morgan fingerprint density at radius 1 is 1.03 bits per heavy atom. The number of hydrogen-bond donors (Lipinski definition) is 0. The lowest BCUT2D eigenvalue weighted by Crippen LogP contribution is -2.41. The molecule has 0 spiro atoms. The molecule has 2 aromatic carbocycles. The highest BCUT2D eigenvalue weighted by atomic mass is 16.6. The standard InChI is InChI=1S/C29H35N3O4/c1-6-32-25-13-12-21(27(34)30(5)22-10-8-7-9-11-22)18-24(25)23(19-26(32)33)20-14-16-31(17-15-20)28(35)36-29(2,3)4/h7-13,18-20H,6,14-17H2,1-5H3. The SMILES string of the molecule is CCn1c(=O)cc(C2CCN(C(=O)OC(C)(C)C)CC2)c2cc(C(=O)N(C)c3ccccc3)ccc21.